The molecule has 1 aromatic rings. The third-order valence-electron chi connectivity index (χ3n) is 5.73. The van der Waals surface area contributed by atoms with Crippen LogP contribution in [0.2, 0.25) is 0 Å². The molecular formula is C20H24F3NO3. The molecule has 0 aromatic heterocycles. The predicted octanol–water partition coefficient (Wildman–Crippen LogP) is 4.65. The van der Waals surface area contributed by atoms with Gasteiger partial charge in [-0.15, -0.1) is 0 Å². The van der Waals surface area contributed by atoms with Gasteiger partial charge >= 0.3 is 12.1 Å². The summed E-state index contributed by atoms with van der Waals surface area (Å²) in [4.78, 5) is 25.9. The molecule has 2 fully saturated rings. The number of halogens is 3. The van der Waals surface area contributed by atoms with Crippen LogP contribution in [-0.2, 0) is 15.8 Å². The lowest BCUT2D eigenvalue weighted by atomic mass is 9.81. The molecule has 1 atom stereocenters. The van der Waals surface area contributed by atoms with Gasteiger partial charge in [0.2, 0.25) is 5.91 Å². The number of carbonyl (C=O) groups is 2. The largest absolute Gasteiger partial charge is 0.481 e. The molecule has 1 N–H and O–H groups in total. The van der Waals surface area contributed by atoms with E-state index < -0.39 is 29.7 Å². The number of nitrogens with zero attached hydrogens (tertiary/aromatic N) is 1. The standard InChI is InChI=1S/C20H24F3NO3/c1-12(15-3-2-4-16(11-15)20(21,22)23)24(17-9-10-17)18(25)13-5-7-14(8-6-13)19(26)27/h2-4,11-14,17H,5-10H2,1H3,(H,26,27). The third kappa shape index (κ3) is 4.45. The number of amides is 1. The first-order chi connectivity index (χ1) is 12.7. The molecule has 0 radical (unpaired) electrons. The highest BCUT2D eigenvalue weighted by atomic mass is 19.4. The lowest BCUT2D eigenvalue weighted by molar-refractivity contribution is -0.146. The molecule has 0 heterocycles. The molecule has 3 rings (SSSR count). The minimum absolute atomic E-state index is 0.0498. The smallest absolute Gasteiger partial charge is 0.416 e. The maximum Gasteiger partial charge on any atom is 0.416 e. The van der Waals surface area contributed by atoms with Gasteiger partial charge in [0, 0.05) is 12.0 Å². The van der Waals surface area contributed by atoms with Crippen molar-refractivity contribution in [3.8, 4) is 0 Å². The van der Waals surface area contributed by atoms with Crippen LogP contribution >= 0.6 is 0 Å². The Morgan fingerprint density at radius 1 is 1.07 bits per heavy atom. The van der Waals surface area contributed by atoms with Crippen molar-refractivity contribution in [2.24, 2.45) is 11.8 Å². The fourth-order valence-electron chi connectivity index (χ4n) is 3.97. The van der Waals surface area contributed by atoms with E-state index >= 15 is 0 Å². The molecule has 1 unspecified atom stereocenters. The Labute approximate surface area is 156 Å². The van der Waals surface area contributed by atoms with Gasteiger partial charge in [-0.3, -0.25) is 9.59 Å². The Hall–Kier alpha value is -2.05. The van der Waals surface area contributed by atoms with Crippen LogP contribution in [0.1, 0.15) is 62.6 Å². The summed E-state index contributed by atoms with van der Waals surface area (Å²) in [5, 5.41) is 9.11. The number of alkyl halides is 3. The number of carboxylic acid groups (broad SMARTS) is 1. The van der Waals surface area contributed by atoms with Gasteiger partial charge in [-0.2, -0.15) is 13.2 Å². The predicted molar refractivity (Wildman–Crippen MR) is 92.8 cm³/mol. The molecular weight excluding hydrogens is 359 g/mol. The number of hydrogen-bond donors (Lipinski definition) is 1. The fraction of sp³-hybridized carbons (Fsp3) is 0.600. The summed E-state index contributed by atoms with van der Waals surface area (Å²) in [5.41, 5.74) is -0.235. The van der Waals surface area contributed by atoms with Crippen LogP contribution in [0.4, 0.5) is 13.2 Å². The lowest BCUT2D eigenvalue weighted by Gasteiger charge is -2.35. The molecule has 0 saturated heterocycles. The van der Waals surface area contributed by atoms with Crippen LogP contribution in [0.3, 0.4) is 0 Å². The summed E-state index contributed by atoms with van der Waals surface area (Å²) in [7, 11) is 0. The van der Waals surface area contributed by atoms with Gasteiger partial charge in [-0.1, -0.05) is 12.1 Å². The molecule has 2 aliphatic rings. The summed E-state index contributed by atoms with van der Waals surface area (Å²) in [6, 6.07) is 4.79. The molecule has 27 heavy (non-hydrogen) atoms. The van der Waals surface area contributed by atoms with Crippen LogP contribution in [0, 0.1) is 11.8 Å². The second-order valence-corrected chi connectivity index (χ2v) is 7.66. The average molecular weight is 383 g/mol. The van der Waals surface area contributed by atoms with E-state index in [0.717, 1.165) is 25.0 Å². The molecule has 148 valence electrons. The second kappa shape index (κ2) is 7.52. The van der Waals surface area contributed by atoms with Gasteiger partial charge in [-0.05, 0) is 63.1 Å². The third-order valence-corrected chi connectivity index (χ3v) is 5.73. The zero-order chi connectivity index (χ0) is 19.8. The zero-order valence-corrected chi connectivity index (χ0v) is 15.2. The van der Waals surface area contributed by atoms with Gasteiger partial charge in [0.1, 0.15) is 0 Å². The van der Waals surface area contributed by atoms with Crippen molar-refractivity contribution in [3.05, 3.63) is 35.4 Å². The van der Waals surface area contributed by atoms with E-state index in [2.05, 4.69) is 0 Å². The van der Waals surface area contributed by atoms with Gasteiger partial charge in [0.05, 0.1) is 17.5 Å². The van der Waals surface area contributed by atoms with Crippen LogP contribution in [-0.4, -0.2) is 27.9 Å². The second-order valence-electron chi connectivity index (χ2n) is 7.66. The minimum atomic E-state index is -4.42. The molecule has 7 heteroatoms. The Morgan fingerprint density at radius 2 is 1.67 bits per heavy atom. The molecule has 4 nitrogen and oxygen atoms in total. The molecule has 2 saturated carbocycles. The van der Waals surface area contributed by atoms with E-state index in [1.807, 2.05) is 0 Å². The molecule has 1 aromatic carbocycles. The molecule has 2 aliphatic carbocycles. The zero-order valence-electron chi connectivity index (χ0n) is 15.2. The van der Waals surface area contributed by atoms with E-state index in [4.69, 9.17) is 5.11 Å². The summed E-state index contributed by atoms with van der Waals surface area (Å²) in [5.74, 6) is -1.51. The molecule has 0 bridgehead atoms. The molecule has 0 spiro atoms. The molecule has 1 amide bonds. The SMILES string of the molecule is CC(c1cccc(C(F)(F)F)c1)N(C(=O)C1CCC(C(=O)O)CC1)C1CC1. The van der Waals surface area contributed by atoms with Crippen molar-refractivity contribution >= 4 is 11.9 Å². The monoisotopic (exact) mass is 383 g/mol. The Kier molecular flexibility index (Phi) is 5.49. The maximum atomic E-state index is 13.1. The Bertz CT molecular complexity index is 707. The van der Waals surface area contributed by atoms with Gasteiger partial charge in [0.25, 0.3) is 0 Å². The van der Waals surface area contributed by atoms with Crippen molar-refractivity contribution in [2.75, 3.05) is 0 Å². The average Bonchev–Trinajstić information content (AvgIpc) is 3.46. The highest BCUT2D eigenvalue weighted by Gasteiger charge is 2.41. The van der Waals surface area contributed by atoms with Crippen molar-refractivity contribution in [2.45, 2.75) is 63.7 Å². The summed E-state index contributed by atoms with van der Waals surface area (Å²) >= 11 is 0. The van der Waals surface area contributed by atoms with Crippen LogP contribution in [0.25, 0.3) is 0 Å². The number of carboxylic acids is 1. The highest BCUT2D eigenvalue weighted by Crippen LogP contribution is 2.40. The van der Waals surface area contributed by atoms with Gasteiger partial charge < -0.3 is 10.0 Å². The Morgan fingerprint density at radius 3 is 2.19 bits per heavy atom. The number of rotatable bonds is 5. The summed E-state index contributed by atoms with van der Waals surface area (Å²) < 4.78 is 39.1. The highest BCUT2D eigenvalue weighted by molar-refractivity contribution is 5.80. The van der Waals surface area contributed by atoms with Crippen molar-refractivity contribution in [3.63, 3.8) is 0 Å². The van der Waals surface area contributed by atoms with Crippen LogP contribution in [0.5, 0.6) is 0 Å². The van der Waals surface area contributed by atoms with Crippen LogP contribution < -0.4 is 0 Å². The quantitative estimate of drug-likeness (QED) is 0.805. The van der Waals surface area contributed by atoms with Gasteiger partial charge in [0.15, 0.2) is 0 Å². The topological polar surface area (TPSA) is 57.6 Å². The number of hydrogen-bond acceptors (Lipinski definition) is 2. The lowest BCUT2D eigenvalue weighted by Crippen LogP contribution is -2.41. The first kappa shape index (κ1) is 19.7. The number of aliphatic carboxylic acids is 1. The first-order valence-corrected chi connectivity index (χ1v) is 9.40. The fourth-order valence-corrected chi connectivity index (χ4v) is 3.97. The van der Waals surface area contributed by atoms with E-state index in [0.29, 0.717) is 31.2 Å². The maximum absolute atomic E-state index is 13.1. The van der Waals surface area contributed by atoms with E-state index in [-0.39, 0.29) is 17.9 Å². The van der Waals surface area contributed by atoms with E-state index in [1.165, 1.54) is 6.07 Å². The van der Waals surface area contributed by atoms with Crippen molar-refractivity contribution in [1.82, 2.24) is 4.90 Å². The molecule has 0 aliphatic heterocycles. The normalized spacial score (nSPS) is 24.3. The van der Waals surface area contributed by atoms with Crippen molar-refractivity contribution in [1.29, 1.82) is 0 Å². The number of benzene rings is 1. The summed E-state index contributed by atoms with van der Waals surface area (Å²) in [6.45, 7) is 1.77. The minimum Gasteiger partial charge on any atom is -0.481 e. The Balaban J connectivity index is 1.76. The van der Waals surface area contributed by atoms with E-state index in [1.54, 1.807) is 17.9 Å². The number of carbonyl (C=O) groups excluding carboxylic acids is 1. The van der Waals surface area contributed by atoms with Crippen LogP contribution in [0.15, 0.2) is 24.3 Å². The van der Waals surface area contributed by atoms with Crippen molar-refractivity contribution < 1.29 is 27.9 Å². The summed E-state index contributed by atoms with van der Waals surface area (Å²) in [6.07, 6.45) is -0.703. The van der Waals surface area contributed by atoms with E-state index in [9.17, 15) is 22.8 Å². The van der Waals surface area contributed by atoms with Gasteiger partial charge in [-0.25, -0.2) is 0 Å². The first-order valence-electron chi connectivity index (χ1n) is 9.40.